The van der Waals surface area contributed by atoms with Gasteiger partial charge in [0.1, 0.15) is 5.60 Å². The summed E-state index contributed by atoms with van der Waals surface area (Å²) in [5, 5.41) is 15.5. The molecule has 0 unspecified atom stereocenters. The van der Waals surface area contributed by atoms with Gasteiger partial charge in [-0.05, 0) is 45.7 Å². The van der Waals surface area contributed by atoms with Crippen molar-refractivity contribution < 1.29 is 19.4 Å². The van der Waals surface area contributed by atoms with Gasteiger partial charge in [-0.2, -0.15) is 0 Å². The highest BCUT2D eigenvalue weighted by Crippen LogP contribution is 2.24. The van der Waals surface area contributed by atoms with Crippen molar-refractivity contribution in [2.24, 2.45) is 0 Å². The molecule has 9 heteroatoms. The predicted octanol–water partition coefficient (Wildman–Crippen LogP) is 2.62. The second-order valence-electron chi connectivity index (χ2n) is 7.32. The Morgan fingerprint density at radius 2 is 2.04 bits per heavy atom. The normalized spacial score (nSPS) is 16.7. The van der Waals surface area contributed by atoms with Gasteiger partial charge in [-0.1, -0.05) is 11.6 Å². The average molecular weight is 385 g/mol. The van der Waals surface area contributed by atoms with Gasteiger partial charge in [0.05, 0.1) is 17.8 Å². The fourth-order valence-corrected chi connectivity index (χ4v) is 2.82. The Morgan fingerprint density at radius 3 is 2.58 bits per heavy atom. The van der Waals surface area contributed by atoms with E-state index in [0.717, 1.165) is 0 Å². The number of anilines is 1. The third-order valence-electron chi connectivity index (χ3n) is 4.08. The zero-order valence-corrected chi connectivity index (χ0v) is 16.0. The first-order chi connectivity index (χ1) is 12.1. The largest absolute Gasteiger partial charge is 0.444 e. The van der Waals surface area contributed by atoms with Gasteiger partial charge in [0.25, 0.3) is 0 Å². The average Bonchev–Trinajstić information content (AvgIpc) is 2.55. The number of aliphatic hydroxyl groups is 1. The SMILES string of the molecule is CC(C)(C)OC(=O)NC1(CO)CCN(C(=O)Nc2cccnc2Cl)CC1. The highest BCUT2D eigenvalue weighted by molar-refractivity contribution is 6.32. The fourth-order valence-electron chi connectivity index (χ4n) is 2.65. The summed E-state index contributed by atoms with van der Waals surface area (Å²) < 4.78 is 5.26. The van der Waals surface area contributed by atoms with E-state index in [1.807, 2.05) is 0 Å². The first-order valence-electron chi connectivity index (χ1n) is 8.43. The molecule has 0 saturated carbocycles. The topological polar surface area (TPSA) is 104 Å². The van der Waals surface area contributed by atoms with Crippen LogP contribution in [0.1, 0.15) is 33.6 Å². The third-order valence-corrected chi connectivity index (χ3v) is 4.38. The number of carbonyl (C=O) groups excluding carboxylic acids is 2. The van der Waals surface area contributed by atoms with E-state index in [0.29, 0.717) is 31.6 Å². The smallest absolute Gasteiger partial charge is 0.408 e. The van der Waals surface area contributed by atoms with Gasteiger partial charge in [-0.3, -0.25) is 0 Å². The number of nitrogens with zero attached hydrogens (tertiary/aromatic N) is 2. The molecule has 2 heterocycles. The Kier molecular flexibility index (Phi) is 6.30. The van der Waals surface area contributed by atoms with Crippen molar-refractivity contribution in [3.8, 4) is 0 Å². The summed E-state index contributed by atoms with van der Waals surface area (Å²) in [6.07, 6.45) is 1.79. The summed E-state index contributed by atoms with van der Waals surface area (Å²) in [7, 11) is 0. The Morgan fingerprint density at radius 1 is 1.38 bits per heavy atom. The van der Waals surface area contributed by atoms with Crippen LogP contribution in [0, 0.1) is 0 Å². The highest BCUT2D eigenvalue weighted by atomic mass is 35.5. The van der Waals surface area contributed by atoms with Crippen LogP contribution in [0.4, 0.5) is 15.3 Å². The van der Waals surface area contributed by atoms with Gasteiger partial charge in [0.2, 0.25) is 0 Å². The lowest BCUT2D eigenvalue weighted by atomic mass is 9.88. The summed E-state index contributed by atoms with van der Waals surface area (Å²) >= 11 is 5.95. The Hall–Kier alpha value is -2.06. The van der Waals surface area contributed by atoms with Crippen LogP contribution in [0.3, 0.4) is 0 Å². The van der Waals surface area contributed by atoms with E-state index >= 15 is 0 Å². The molecule has 3 N–H and O–H groups in total. The molecule has 1 fully saturated rings. The van der Waals surface area contributed by atoms with E-state index in [2.05, 4.69) is 15.6 Å². The lowest BCUT2D eigenvalue weighted by Crippen LogP contribution is -2.59. The minimum Gasteiger partial charge on any atom is -0.444 e. The maximum absolute atomic E-state index is 12.4. The summed E-state index contributed by atoms with van der Waals surface area (Å²) in [5.74, 6) is 0. The quantitative estimate of drug-likeness (QED) is 0.695. The van der Waals surface area contributed by atoms with Crippen molar-refractivity contribution >= 4 is 29.4 Å². The van der Waals surface area contributed by atoms with Crippen LogP contribution >= 0.6 is 11.6 Å². The van der Waals surface area contributed by atoms with Crippen molar-refractivity contribution in [3.63, 3.8) is 0 Å². The number of alkyl carbamates (subject to hydrolysis) is 1. The van der Waals surface area contributed by atoms with Crippen LogP contribution in [0.15, 0.2) is 18.3 Å². The van der Waals surface area contributed by atoms with E-state index in [9.17, 15) is 14.7 Å². The summed E-state index contributed by atoms with van der Waals surface area (Å²) in [5.41, 5.74) is -0.986. The molecule has 0 aliphatic carbocycles. The Labute approximate surface area is 157 Å². The fraction of sp³-hybridized carbons (Fsp3) is 0.588. The number of carbonyl (C=O) groups is 2. The molecule has 2 rings (SSSR count). The maximum atomic E-state index is 12.4. The molecule has 1 saturated heterocycles. The second kappa shape index (κ2) is 8.09. The number of amides is 3. The third kappa shape index (κ3) is 5.47. The lowest BCUT2D eigenvalue weighted by Gasteiger charge is -2.41. The second-order valence-corrected chi connectivity index (χ2v) is 7.68. The van der Waals surface area contributed by atoms with Crippen molar-refractivity contribution in [2.45, 2.75) is 44.8 Å². The van der Waals surface area contributed by atoms with Gasteiger partial charge in [0.15, 0.2) is 5.15 Å². The van der Waals surface area contributed by atoms with E-state index in [1.165, 1.54) is 6.20 Å². The van der Waals surface area contributed by atoms with Crippen LogP contribution in [-0.4, -0.2) is 58.0 Å². The van der Waals surface area contributed by atoms with Crippen molar-refractivity contribution in [1.82, 2.24) is 15.2 Å². The van der Waals surface area contributed by atoms with Crippen LogP contribution in [-0.2, 0) is 4.74 Å². The number of pyridine rings is 1. The Balaban J connectivity index is 1.92. The molecule has 8 nitrogen and oxygen atoms in total. The zero-order chi connectivity index (χ0) is 19.4. The number of rotatable bonds is 3. The van der Waals surface area contributed by atoms with E-state index < -0.39 is 17.2 Å². The molecular formula is C17H25ClN4O4. The monoisotopic (exact) mass is 384 g/mol. The minimum atomic E-state index is -0.801. The van der Waals surface area contributed by atoms with E-state index in [4.69, 9.17) is 16.3 Å². The van der Waals surface area contributed by atoms with Gasteiger partial charge in [-0.15, -0.1) is 0 Å². The zero-order valence-electron chi connectivity index (χ0n) is 15.2. The molecule has 1 aromatic rings. The Bertz CT molecular complexity index is 654. The summed E-state index contributed by atoms with van der Waals surface area (Å²) in [4.78, 5) is 29.9. The highest BCUT2D eigenvalue weighted by Gasteiger charge is 2.38. The molecule has 26 heavy (non-hydrogen) atoms. The summed E-state index contributed by atoms with van der Waals surface area (Å²) in [6, 6.07) is 3.04. The number of aromatic nitrogens is 1. The van der Waals surface area contributed by atoms with Gasteiger partial charge >= 0.3 is 12.1 Å². The summed E-state index contributed by atoms with van der Waals surface area (Å²) in [6.45, 7) is 5.84. The van der Waals surface area contributed by atoms with Gasteiger partial charge in [-0.25, -0.2) is 14.6 Å². The van der Waals surface area contributed by atoms with Crippen molar-refractivity contribution in [2.75, 3.05) is 25.0 Å². The van der Waals surface area contributed by atoms with Crippen LogP contribution in [0.5, 0.6) is 0 Å². The molecule has 3 amide bonds. The predicted molar refractivity (Wildman–Crippen MR) is 98.3 cm³/mol. The minimum absolute atomic E-state index is 0.217. The molecule has 0 atom stereocenters. The molecule has 0 radical (unpaired) electrons. The van der Waals surface area contributed by atoms with Crippen LogP contribution < -0.4 is 10.6 Å². The van der Waals surface area contributed by atoms with Crippen LogP contribution in [0.2, 0.25) is 5.15 Å². The molecule has 0 bridgehead atoms. The number of halogens is 1. The van der Waals surface area contributed by atoms with E-state index in [1.54, 1.807) is 37.8 Å². The molecule has 144 valence electrons. The van der Waals surface area contributed by atoms with Crippen molar-refractivity contribution in [3.05, 3.63) is 23.5 Å². The van der Waals surface area contributed by atoms with Crippen LogP contribution in [0.25, 0.3) is 0 Å². The number of hydrogen-bond donors (Lipinski definition) is 3. The van der Waals surface area contributed by atoms with Gasteiger partial charge in [0, 0.05) is 19.3 Å². The number of ether oxygens (including phenoxy) is 1. The molecular weight excluding hydrogens is 360 g/mol. The molecule has 1 aliphatic heterocycles. The van der Waals surface area contributed by atoms with E-state index in [-0.39, 0.29) is 17.8 Å². The van der Waals surface area contributed by atoms with Gasteiger partial charge < -0.3 is 25.4 Å². The lowest BCUT2D eigenvalue weighted by molar-refractivity contribution is 0.0307. The van der Waals surface area contributed by atoms with Crippen molar-refractivity contribution in [1.29, 1.82) is 0 Å². The number of urea groups is 1. The number of hydrogen-bond acceptors (Lipinski definition) is 5. The number of likely N-dealkylation sites (tertiary alicyclic amines) is 1. The first kappa shape index (κ1) is 20.3. The first-order valence-corrected chi connectivity index (χ1v) is 8.80. The molecule has 1 aliphatic rings. The number of piperidine rings is 1. The number of aliphatic hydroxyl groups excluding tert-OH is 1. The molecule has 0 aromatic carbocycles. The molecule has 1 aromatic heterocycles. The maximum Gasteiger partial charge on any atom is 0.408 e. The molecule has 0 spiro atoms. The standard InChI is InChI=1S/C17H25ClN4O4/c1-16(2,3)26-15(25)21-17(11-23)6-9-22(10-7-17)14(24)20-12-5-4-8-19-13(12)18/h4-5,8,23H,6-7,9-11H2,1-3H3,(H,20,24)(H,21,25). The number of nitrogens with one attached hydrogen (secondary N) is 2.